The minimum atomic E-state index is -0.473. The van der Waals surface area contributed by atoms with Crippen LogP contribution in [0, 0.1) is 31.1 Å². The summed E-state index contributed by atoms with van der Waals surface area (Å²) in [5.41, 5.74) is 5.60. The number of hydrogen-bond donors (Lipinski definition) is 0. The number of benzene rings is 3. The molecule has 5 radical (unpaired) electrons. The van der Waals surface area contributed by atoms with Crippen LogP contribution >= 0.6 is 15.8 Å². The van der Waals surface area contributed by atoms with E-state index in [1.807, 2.05) is 0 Å². The van der Waals surface area contributed by atoms with Crippen LogP contribution in [0.2, 0.25) is 0 Å². The van der Waals surface area contributed by atoms with E-state index in [9.17, 15) is 0 Å². The molecule has 0 nitrogen and oxygen atoms in total. The van der Waals surface area contributed by atoms with Crippen LogP contribution in [0.3, 0.4) is 0 Å². The average Bonchev–Trinajstić information content (AvgIpc) is 3.52. The second-order valence-electron chi connectivity index (χ2n) is 12.0. The molecule has 0 N–H and O–H groups in total. The summed E-state index contributed by atoms with van der Waals surface area (Å²) in [6.07, 6.45) is 23.1. The Kier molecular flexibility index (Phi) is 10.1. The van der Waals surface area contributed by atoms with Gasteiger partial charge in [0.05, 0.1) is 0 Å². The summed E-state index contributed by atoms with van der Waals surface area (Å²) in [5, 5.41) is 2.93. The van der Waals surface area contributed by atoms with Crippen molar-refractivity contribution in [1.82, 2.24) is 0 Å². The second kappa shape index (κ2) is 14.1. The smallest absolute Gasteiger partial charge is 0.0167 e. The van der Waals surface area contributed by atoms with Crippen LogP contribution in [0.1, 0.15) is 82.3 Å². The van der Waals surface area contributed by atoms with Gasteiger partial charge in [0.1, 0.15) is 0 Å². The van der Waals surface area contributed by atoms with E-state index >= 15 is 0 Å². The molecule has 3 aliphatic rings. The van der Waals surface area contributed by atoms with Crippen LogP contribution in [-0.4, -0.2) is 17.0 Å². The molecule has 207 valence electrons. The SMILES string of the molecule is C[C@H]([C]1[CH][CH][CH][C]1c1ccccc1CP(c1ccccc1)c1ccccc1)P(C1CCCCC1)C1CCCCC1. The molecule has 1 atom stereocenters. The van der Waals surface area contributed by atoms with Crippen molar-refractivity contribution in [2.45, 2.75) is 94.3 Å². The summed E-state index contributed by atoms with van der Waals surface area (Å²) < 4.78 is 0. The molecule has 0 saturated heterocycles. The first-order chi connectivity index (χ1) is 19.8. The Balaban J connectivity index is 1.29. The highest BCUT2D eigenvalue weighted by atomic mass is 31.1. The van der Waals surface area contributed by atoms with Crippen molar-refractivity contribution < 1.29 is 0 Å². The lowest BCUT2D eigenvalue weighted by atomic mass is 9.85. The zero-order chi connectivity index (χ0) is 27.1. The molecule has 0 heterocycles. The van der Waals surface area contributed by atoms with Gasteiger partial charge in [-0.3, -0.25) is 0 Å². The molecule has 0 amide bonds. The lowest BCUT2D eigenvalue weighted by Crippen LogP contribution is -2.30. The Morgan fingerprint density at radius 2 is 1.15 bits per heavy atom. The number of rotatable bonds is 9. The Bertz CT molecular complexity index is 1100. The lowest BCUT2D eigenvalue weighted by Gasteiger charge is -2.44. The predicted molar refractivity (Wildman–Crippen MR) is 178 cm³/mol. The van der Waals surface area contributed by atoms with E-state index in [2.05, 4.69) is 111 Å². The molecule has 6 rings (SSSR count). The van der Waals surface area contributed by atoms with E-state index in [0.29, 0.717) is 5.66 Å². The van der Waals surface area contributed by atoms with Gasteiger partial charge in [-0.2, -0.15) is 0 Å². The minimum Gasteiger partial charge on any atom is -0.0968 e. The van der Waals surface area contributed by atoms with Crippen molar-refractivity contribution >= 4 is 26.5 Å². The Labute approximate surface area is 247 Å². The predicted octanol–water partition coefficient (Wildman–Crippen LogP) is 9.98. The van der Waals surface area contributed by atoms with Crippen LogP contribution in [-0.2, 0) is 6.16 Å². The maximum atomic E-state index is 2.62. The topological polar surface area (TPSA) is 0 Å². The van der Waals surface area contributed by atoms with E-state index in [1.54, 1.807) is 5.92 Å². The molecule has 0 bridgehead atoms. The van der Waals surface area contributed by atoms with Crippen molar-refractivity contribution in [1.29, 1.82) is 0 Å². The van der Waals surface area contributed by atoms with Gasteiger partial charge in [-0.25, -0.2) is 0 Å². The van der Waals surface area contributed by atoms with Gasteiger partial charge in [-0.15, -0.1) is 0 Å². The molecule has 0 spiro atoms. The monoisotopic (exact) mass is 563 g/mol. The Hall–Kier alpha value is -1.48. The fraction of sp³-hybridized carbons (Fsp3) is 0.395. The van der Waals surface area contributed by atoms with Gasteiger partial charge < -0.3 is 0 Å². The van der Waals surface area contributed by atoms with E-state index in [-0.39, 0.29) is 7.92 Å². The molecular weight excluding hydrogens is 518 g/mol. The third-order valence-electron chi connectivity index (χ3n) is 9.51. The molecular formula is C38H45P2. The molecule has 3 aliphatic carbocycles. The highest BCUT2D eigenvalue weighted by Crippen LogP contribution is 2.63. The van der Waals surface area contributed by atoms with Crippen LogP contribution in [0.25, 0.3) is 0 Å². The number of hydrogen-bond acceptors (Lipinski definition) is 0. The molecule has 2 heteroatoms. The van der Waals surface area contributed by atoms with Gasteiger partial charge in [0, 0.05) is 12.1 Å². The molecule has 0 unspecified atom stereocenters. The standard InChI is InChI=1S/C38H45P2/c1-30(40(34-22-10-4-11-23-34)35-24-12-5-13-25-35)36-27-16-28-38(36)37-26-15-14-17-31(37)29-39(32-18-6-2-7-19-32)33-20-8-3-9-21-33/h2-3,6-9,14-21,26-28,30,34-35H,4-5,10-13,22-25,29H2,1H3/t30-/m1/s1. The average molecular weight is 564 g/mol. The fourth-order valence-electron chi connectivity index (χ4n) is 7.53. The fourth-order valence-corrected chi connectivity index (χ4v) is 14.2. The first-order valence-corrected chi connectivity index (χ1v) is 18.9. The first-order valence-electron chi connectivity index (χ1n) is 15.8. The maximum Gasteiger partial charge on any atom is 0.0167 e. The third kappa shape index (κ3) is 6.61. The highest BCUT2D eigenvalue weighted by molar-refractivity contribution is 7.72. The minimum absolute atomic E-state index is 0.00991. The summed E-state index contributed by atoms with van der Waals surface area (Å²) in [6.45, 7) is 2.62. The summed E-state index contributed by atoms with van der Waals surface area (Å²) in [7, 11) is -0.483. The van der Waals surface area contributed by atoms with Crippen LogP contribution in [0.5, 0.6) is 0 Å². The third-order valence-corrected chi connectivity index (χ3v) is 15.9. The highest BCUT2D eigenvalue weighted by Gasteiger charge is 2.43. The van der Waals surface area contributed by atoms with Crippen molar-refractivity contribution in [2.75, 3.05) is 0 Å². The summed E-state index contributed by atoms with van der Waals surface area (Å²) in [4.78, 5) is 0. The molecule has 3 saturated carbocycles. The van der Waals surface area contributed by atoms with Crippen LogP contribution < -0.4 is 10.6 Å². The maximum absolute atomic E-state index is 2.62. The van der Waals surface area contributed by atoms with Crippen molar-refractivity contribution in [3.8, 4) is 0 Å². The summed E-state index contributed by atoms with van der Waals surface area (Å²) in [6, 6.07) is 31.8. The molecule has 0 aliphatic heterocycles. The zero-order valence-corrected chi connectivity index (χ0v) is 26.0. The van der Waals surface area contributed by atoms with E-state index in [0.717, 1.165) is 17.5 Å². The van der Waals surface area contributed by atoms with E-state index < -0.39 is 7.92 Å². The molecule has 0 aromatic heterocycles. The normalized spacial score (nSPS) is 20.9. The summed E-state index contributed by atoms with van der Waals surface area (Å²) in [5.74, 6) is 3.15. The van der Waals surface area contributed by atoms with Gasteiger partial charge in [-0.05, 0) is 97.5 Å². The molecule has 40 heavy (non-hydrogen) atoms. The largest absolute Gasteiger partial charge is 0.0968 e. The molecule has 3 aromatic carbocycles. The van der Waals surface area contributed by atoms with Crippen molar-refractivity contribution in [2.24, 2.45) is 0 Å². The molecule has 3 aromatic rings. The van der Waals surface area contributed by atoms with Crippen LogP contribution in [0.15, 0.2) is 84.9 Å². The Morgan fingerprint density at radius 1 is 0.625 bits per heavy atom. The van der Waals surface area contributed by atoms with Crippen molar-refractivity contribution in [3.63, 3.8) is 0 Å². The van der Waals surface area contributed by atoms with Crippen molar-refractivity contribution in [3.05, 3.63) is 127 Å². The van der Waals surface area contributed by atoms with Crippen LogP contribution in [0.4, 0.5) is 0 Å². The second-order valence-corrected chi connectivity index (χ2v) is 17.4. The zero-order valence-electron chi connectivity index (χ0n) is 24.2. The molecule has 3 fully saturated rings. The summed E-state index contributed by atoms with van der Waals surface area (Å²) >= 11 is 0. The van der Waals surface area contributed by atoms with Gasteiger partial charge in [-0.1, -0.05) is 138 Å². The van der Waals surface area contributed by atoms with E-state index in [4.69, 9.17) is 0 Å². The van der Waals surface area contributed by atoms with Gasteiger partial charge in [0.15, 0.2) is 0 Å². The van der Waals surface area contributed by atoms with Gasteiger partial charge >= 0.3 is 0 Å². The van der Waals surface area contributed by atoms with Gasteiger partial charge in [0.25, 0.3) is 0 Å². The van der Waals surface area contributed by atoms with Gasteiger partial charge in [0.2, 0.25) is 0 Å². The first kappa shape index (κ1) is 28.6. The van der Waals surface area contributed by atoms with E-state index in [1.165, 1.54) is 91.9 Å². The quantitative estimate of drug-likeness (QED) is 0.227. The lowest BCUT2D eigenvalue weighted by molar-refractivity contribution is 0.481. The Morgan fingerprint density at radius 3 is 1.73 bits per heavy atom.